The molecule has 1 rings (SSSR count). The maximum absolute atomic E-state index is 12.0. The molecule has 0 N–H and O–H groups in total. The fourth-order valence-electron chi connectivity index (χ4n) is 1.65. The van der Waals surface area contributed by atoms with E-state index >= 15 is 0 Å². The molecule has 1 amide bonds. The van der Waals surface area contributed by atoms with E-state index in [-0.39, 0.29) is 24.6 Å². The zero-order chi connectivity index (χ0) is 13.1. The van der Waals surface area contributed by atoms with Gasteiger partial charge in [-0.15, -0.1) is 11.6 Å². The van der Waals surface area contributed by atoms with Gasteiger partial charge < -0.3 is 9.64 Å². The molecular formula is C10H15ClF3NO2. The van der Waals surface area contributed by atoms with E-state index in [0.717, 1.165) is 0 Å². The standard InChI is InChI=1S/C10H15ClF3NO2/c1-7-6-17-8(4-11)5-15(7)9(16)2-3-10(12,13)14/h7-8H,2-6H2,1H3. The summed E-state index contributed by atoms with van der Waals surface area (Å²) >= 11 is 5.60. The average molecular weight is 274 g/mol. The van der Waals surface area contributed by atoms with Crippen molar-refractivity contribution in [3.8, 4) is 0 Å². The van der Waals surface area contributed by atoms with Crippen LogP contribution in [0.1, 0.15) is 19.8 Å². The Balaban J connectivity index is 2.49. The molecule has 1 aliphatic heterocycles. The molecule has 0 bridgehead atoms. The molecule has 2 atom stereocenters. The molecule has 0 saturated carbocycles. The van der Waals surface area contributed by atoms with Gasteiger partial charge >= 0.3 is 6.18 Å². The van der Waals surface area contributed by atoms with E-state index in [4.69, 9.17) is 16.3 Å². The van der Waals surface area contributed by atoms with Crippen LogP contribution in [0.15, 0.2) is 0 Å². The van der Waals surface area contributed by atoms with E-state index in [1.54, 1.807) is 6.92 Å². The Morgan fingerprint density at radius 1 is 1.53 bits per heavy atom. The van der Waals surface area contributed by atoms with Gasteiger partial charge in [-0.05, 0) is 6.92 Å². The van der Waals surface area contributed by atoms with Crippen molar-refractivity contribution in [1.82, 2.24) is 4.90 Å². The monoisotopic (exact) mass is 273 g/mol. The normalized spacial score (nSPS) is 26.1. The minimum absolute atomic E-state index is 0.199. The van der Waals surface area contributed by atoms with Crippen LogP contribution >= 0.6 is 11.6 Å². The van der Waals surface area contributed by atoms with Crippen LogP contribution in [0.5, 0.6) is 0 Å². The largest absolute Gasteiger partial charge is 0.389 e. The minimum atomic E-state index is -4.29. The molecule has 0 aromatic carbocycles. The molecule has 17 heavy (non-hydrogen) atoms. The lowest BCUT2D eigenvalue weighted by molar-refractivity contribution is -0.155. The first-order valence-corrected chi connectivity index (χ1v) is 5.90. The number of nitrogens with zero attached hydrogens (tertiary/aromatic N) is 1. The second-order valence-corrected chi connectivity index (χ2v) is 4.43. The van der Waals surface area contributed by atoms with Crippen LogP contribution in [-0.2, 0) is 9.53 Å². The number of carbonyl (C=O) groups excluding carboxylic acids is 1. The second kappa shape index (κ2) is 5.91. The van der Waals surface area contributed by atoms with Crippen molar-refractivity contribution in [1.29, 1.82) is 0 Å². The van der Waals surface area contributed by atoms with Gasteiger partial charge in [-0.2, -0.15) is 13.2 Å². The summed E-state index contributed by atoms with van der Waals surface area (Å²) in [6.07, 6.45) is -6.18. The Hall–Kier alpha value is -0.490. The van der Waals surface area contributed by atoms with Gasteiger partial charge in [0.25, 0.3) is 0 Å². The molecule has 1 saturated heterocycles. The van der Waals surface area contributed by atoms with E-state index < -0.39 is 24.9 Å². The van der Waals surface area contributed by atoms with Crippen molar-refractivity contribution >= 4 is 17.5 Å². The van der Waals surface area contributed by atoms with Gasteiger partial charge in [0, 0.05) is 13.0 Å². The van der Waals surface area contributed by atoms with Crippen LogP contribution in [0.2, 0.25) is 0 Å². The highest BCUT2D eigenvalue weighted by Gasteiger charge is 2.33. The van der Waals surface area contributed by atoms with Gasteiger partial charge in [0.05, 0.1) is 31.1 Å². The number of halogens is 4. The summed E-state index contributed by atoms with van der Waals surface area (Å²) in [5.74, 6) is -0.260. The third kappa shape index (κ3) is 4.71. The zero-order valence-corrected chi connectivity index (χ0v) is 10.2. The van der Waals surface area contributed by atoms with Crippen molar-refractivity contribution in [2.45, 2.75) is 38.1 Å². The zero-order valence-electron chi connectivity index (χ0n) is 9.47. The molecule has 0 aromatic heterocycles. The fraction of sp³-hybridized carbons (Fsp3) is 0.900. The van der Waals surface area contributed by atoms with Gasteiger partial charge in [0.15, 0.2) is 0 Å². The van der Waals surface area contributed by atoms with E-state index in [1.165, 1.54) is 4.90 Å². The summed E-state index contributed by atoms with van der Waals surface area (Å²) in [4.78, 5) is 13.1. The van der Waals surface area contributed by atoms with Gasteiger partial charge in [0.1, 0.15) is 0 Å². The molecular weight excluding hydrogens is 259 g/mol. The topological polar surface area (TPSA) is 29.5 Å². The molecule has 1 fully saturated rings. The van der Waals surface area contributed by atoms with E-state index in [9.17, 15) is 18.0 Å². The average Bonchev–Trinajstić information content (AvgIpc) is 2.25. The second-order valence-electron chi connectivity index (χ2n) is 4.12. The molecule has 0 aromatic rings. The molecule has 3 nitrogen and oxygen atoms in total. The third-order valence-electron chi connectivity index (χ3n) is 2.62. The molecule has 2 unspecified atom stereocenters. The van der Waals surface area contributed by atoms with Crippen molar-refractivity contribution in [2.75, 3.05) is 19.0 Å². The molecule has 7 heteroatoms. The van der Waals surface area contributed by atoms with E-state index in [2.05, 4.69) is 0 Å². The summed E-state index contributed by atoms with van der Waals surface area (Å²) in [6, 6.07) is -0.199. The van der Waals surface area contributed by atoms with Crippen LogP contribution < -0.4 is 0 Å². The number of carbonyl (C=O) groups is 1. The Labute approximate surface area is 103 Å². The van der Waals surface area contributed by atoms with E-state index in [1.807, 2.05) is 0 Å². The molecule has 0 radical (unpaired) electrons. The van der Waals surface area contributed by atoms with Crippen molar-refractivity contribution < 1.29 is 22.7 Å². The Morgan fingerprint density at radius 3 is 2.71 bits per heavy atom. The van der Waals surface area contributed by atoms with Crippen LogP contribution in [-0.4, -0.2) is 48.2 Å². The summed E-state index contributed by atoms with van der Waals surface area (Å²) in [7, 11) is 0. The van der Waals surface area contributed by atoms with Crippen molar-refractivity contribution in [3.63, 3.8) is 0 Å². The highest BCUT2D eigenvalue weighted by Crippen LogP contribution is 2.23. The SMILES string of the molecule is CC1COC(CCl)CN1C(=O)CCC(F)(F)F. The maximum atomic E-state index is 12.0. The Morgan fingerprint density at radius 2 is 2.18 bits per heavy atom. The smallest absolute Gasteiger partial charge is 0.373 e. The highest BCUT2D eigenvalue weighted by atomic mass is 35.5. The van der Waals surface area contributed by atoms with Gasteiger partial charge in [-0.25, -0.2) is 0 Å². The van der Waals surface area contributed by atoms with Crippen LogP contribution in [0.4, 0.5) is 13.2 Å². The van der Waals surface area contributed by atoms with Crippen LogP contribution in [0.3, 0.4) is 0 Å². The molecule has 1 heterocycles. The number of alkyl halides is 4. The molecule has 1 aliphatic rings. The predicted molar refractivity (Wildman–Crippen MR) is 56.9 cm³/mol. The summed E-state index contributed by atoms with van der Waals surface area (Å²) in [5.41, 5.74) is 0. The number of hydrogen-bond donors (Lipinski definition) is 0. The maximum Gasteiger partial charge on any atom is 0.389 e. The Kier molecular flexibility index (Phi) is 5.06. The number of hydrogen-bond acceptors (Lipinski definition) is 2. The van der Waals surface area contributed by atoms with Gasteiger partial charge in [0.2, 0.25) is 5.91 Å². The molecule has 0 aliphatic carbocycles. The number of rotatable bonds is 3. The summed E-state index contributed by atoms with van der Waals surface area (Å²) in [6.45, 7) is 2.33. The number of amides is 1. The minimum Gasteiger partial charge on any atom is -0.373 e. The van der Waals surface area contributed by atoms with Crippen LogP contribution in [0, 0.1) is 0 Å². The van der Waals surface area contributed by atoms with Crippen molar-refractivity contribution in [3.05, 3.63) is 0 Å². The van der Waals surface area contributed by atoms with Crippen molar-refractivity contribution in [2.24, 2.45) is 0 Å². The first-order chi connectivity index (χ1) is 7.83. The quantitative estimate of drug-likeness (QED) is 0.738. The van der Waals surface area contributed by atoms with Gasteiger partial charge in [-0.1, -0.05) is 0 Å². The molecule has 0 spiro atoms. The lowest BCUT2D eigenvalue weighted by atomic mass is 10.1. The Bertz CT molecular complexity index is 273. The third-order valence-corrected chi connectivity index (χ3v) is 2.96. The number of ether oxygens (including phenoxy) is 1. The van der Waals surface area contributed by atoms with E-state index in [0.29, 0.717) is 6.61 Å². The summed E-state index contributed by atoms with van der Waals surface area (Å²) < 4.78 is 41.3. The highest BCUT2D eigenvalue weighted by molar-refractivity contribution is 6.18. The number of morpholine rings is 1. The lowest BCUT2D eigenvalue weighted by Crippen LogP contribution is -2.51. The van der Waals surface area contributed by atoms with Gasteiger partial charge in [-0.3, -0.25) is 4.79 Å². The molecule has 100 valence electrons. The summed E-state index contributed by atoms with van der Waals surface area (Å²) in [5, 5.41) is 0. The first-order valence-electron chi connectivity index (χ1n) is 5.37. The lowest BCUT2D eigenvalue weighted by Gasteiger charge is -2.37. The first kappa shape index (κ1) is 14.6. The van der Waals surface area contributed by atoms with Crippen LogP contribution in [0.25, 0.3) is 0 Å². The predicted octanol–water partition coefficient (Wildman–Crippen LogP) is 2.18. The fourth-order valence-corrected chi connectivity index (χ4v) is 1.84.